The van der Waals surface area contributed by atoms with E-state index in [4.69, 9.17) is 16.6 Å². The van der Waals surface area contributed by atoms with E-state index in [0.29, 0.717) is 12.8 Å². The Labute approximate surface area is 88.2 Å². The molecule has 1 aliphatic carbocycles. The van der Waals surface area contributed by atoms with Crippen LogP contribution in [0.3, 0.4) is 0 Å². The number of alkyl halides is 1. The molecule has 1 rings (SSSR count). The molecule has 0 aromatic carbocycles. The van der Waals surface area contributed by atoms with Crippen LogP contribution in [0, 0.1) is 0 Å². The minimum Gasteiger partial charge on any atom is -0.382 e. The minimum atomic E-state index is -1.44. The van der Waals surface area contributed by atoms with Gasteiger partial charge in [-0.2, -0.15) is 0 Å². The molecule has 1 fully saturated rings. The first-order valence-electron chi connectivity index (χ1n) is 4.36. The molecule has 2 atom stereocenters. The highest BCUT2D eigenvalue weighted by Crippen LogP contribution is 2.39. The van der Waals surface area contributed by atoms with Gasteiger partial charge < -0.3 is 16.6 Å². The highest BCUT2D eigenvalue weighted by molar-refractivity contribution is 5.85. The maximum atomic E-state index is 13.4. The molecule has 6 heteroatoms. The van der Waals surface area contributed by atoms with Crippen LogP contribution in [0.1, 0.15) is 25.7 Å². The van der Waals surface area contributed by atoms with Crippen LogP contribution in [0.4, 0.5) is 4.39 Å². The number of aliphatic hydroxyl groups is 1. The normalized spacial score (nSPS) is 22.8. The molecular formula is C8H16ClFN2O2. The van der Waals surface area contributed by atoms with Gasteiger partial charge in [0.1, 0.15) is 11.8 Å². The molecule has 0 aromatic heterocycles. The minimum absolute atomic E-state index is 0. The van der Waals surface area contributed by atoms with Gasteiger partial charge in [0.25, 0.3) is 0 Å². The summed E-state index contributed by atoms with van der Waals surface area (Å²) < 4.78 is 13.4. The lowest BCUT2D eigenvalue weighted by Crippen LogP contribution is -2.49. The molecule has 1 aliphatic rings. The van der Waals surface area contributed by atoms with Gasteiger partial charge in [0.15, 0.2) is 0 Å². The van der Waals surface area contributed by atoms with Crippen molar-refractivity contribution in [2.45, 2.75) is 43.5 Å². The van der Waals surface area contributed by atoms with Crippen molar-refractivity contribution in [1.29, 1.82) is 0 Å². The van der Waals surface area contributed by atoms with Gasteiger partial charge in [-0.25, -0.2) is 4.39 Å². The second-order valence-corrected chi connectivity index (χ2v) is 3.72. The first-order valence-corrected chi connectivity index (χ1v) is 4.36. The fraction of sp³-hybridized carbons (Fsp3) is 0.875. The van der Waals surface area contributed by atoms with E-state index in [-0.39, 0.29) is 18.8 Å². The fourth-order valence-electron chi connectivity index (χ4n) is 1.51. The van der Waals surface area contributed by atoms with E-state index in [1.807, 2.05) is 0 Å². The number of hydrogen-bond donors (Lipinski definition) is 3. The zero-order valence-electron chi connectivity index (χ0n) is 7.78. The molecule has 0 aromatic rings. The third-order valence-electron chi connectivity index (χ3n) is 2.55. The van der Waals surface area contributed by atoms with Crippen LogP contribution in [0.15, 0.2) is 0 Å². The van der Waals surface area contributed by atoms with Gasteiger partial charge in [-0.1, -0.05) is 0 Å². The van der Waals surface area contributed by atoms with Gasteiger partial charge in [-0.05, 0) is 25.7 Å². The topological polar surface area (TPSA) is 89.3 Å². The summed E-state index contributed by atoms with van der Waals surface area (Å²) in [6, 6.07) is -0.886. The van der Waals surface area contributed by atoms with Crippen molar-refractivity contribution in [2.75, 3.05) is 0 Å². The lowest BCUT2D eigenvalue weighted by Gasteiger charge is -2.36. The maximum Gasteiger partial charge on any atom is 0.247 e. The van der Waals surface area contributed by atoms with Crippen LogP contribution < -0.4 is 11.5 Å². The fourth-order valence-corrected chi connectivity index (χ4v) is 1.51. The van der Waals surface area contributed by atoms with Gasteiger partial charge in [-0.15, -0.1) is 12.4 Å². The lowest BCUT2D eigenvalue weighted by molar-refractivity contribution is -0.127. The Balaban J connectivity index is 0.00000169. The highest BCUT2D eigenvalue weighted by Gasteiger charge is 2.40. The van der Waals surface area contributed by atoms with Crippen LogP contribution >= 0.6 is 12.4 Å². The van der Waals surface area contributed by atoms with Crippen LogP contribution in [0.5, 0.6) is 0 Å². The molecule has 84 valence electrons. The van der Waals surface area contributed by atoms with E-state index >= 15 is 0 Å². The Kier molecular flexibility index (Phi) is 4.77. The Morgan fingerprint density at radius 1 is 1.57 bits per heavy atom. The summed E-state index contributed by atoms with van der Waals surface area (Å²) in [6.45, 7) is 0. The molecule has 0 saturated heterocycles. The molecule has 1 saturated carbocycles. The van der Waals surface area contributed by atoms with Gasteiger partial charge in [0.05, 0.1) is 0 Å². The zero-order chi connectivity index (χ0) is 10.1. The molecule has 0 aliphatic heterocycles. The Morgan fingerprint density at radius 2 is 2.07 bits per heavy atom. The number of primary amides is 1. The summed E-state index contributed by atoms with van der Waals surface area (Å²) in [7, 11) is 0. The standard InChI is InChI=1S/C8H15FN2O2.ClH/c9-8(2-1-3-8)4-5(10)6(12)7(11)13;/h5-6,12H,1-4,10H2,(H2,11,13);1H. The van der Waals surface area contributed by atoms with E-state index in [0.717, 1.165) is 6.42 Å². The average molecular weight is 227 g/mol. The molecule has 0 bridgehead atoms. The number of aliphatic hydroxyl groups excluding tert-OH is 1. The average Bonchev–Trinajstić information content (AvgIpc) is 1.99. The third kappa shape index (κ3) is 3.08. The SMILES string of the molecule is Cl.NC(=O)C(O)C(N)CC1(F)CCC1. The smallest absolute Gasteiger partial charge is 0.247 e. The number of carbonyl (C=O) groups is 1. The maximum absolute atomic E-state index is 13.4. The quantitative estimate of drug-likeness (QED) is 0.624. The van der Waals surface area contributed by atoms with Gasteiger partial charge in [0, 0.05) is 6.04 Å². The molecule has 2 unspecified atom stereocenters. The molecule has 1 amide bonds. The predicted molar refractivity (Wildman–Crippen MR) is 52.7 cm³/mol. The van der Waals surface area contributed by atoms with E-state index in [1.165, 1.54) is 0 Å². The van der Waals surface area contributed by atoms with Crippen LogP contribution in [0.25, 0.3) is 0 Å². The van der Waals surface area contributed by atoms with Crippen molar-refractivity contribution in [1.82, 2.24) is 0 Å². The summed E-state index contributed by atoms with van der Waals surface area (Å²) in [4.78, 5) is 10.5. The summed E-state index contributed by atoms with van der Waals surface area (Å²) in [5, 5.41) is 9.11. The molecule has 0 spiro atoms. The second kappa shape index (κ2) is 4.91. The molecule has 5 N–H and O–H groups in total. The monoisotopic (exact) mass is 226 g/mol. The summed E-state index contributed by atoms with van der Waals surface area (Å²) in [6.07, 6.45) is 0.346. The number of nitrogens with two attached hydrogens (primary N) is 2. The van der Waals surface area contributed by atoms with E-state index < -0.39 is 23.7 Å². The van der Waals surface area contributed by atoms with Gasteiger partial charge >= 0.3 is 0 Å². The number of hydrogen-bond acceptors (Lipinski definition) is 3. The van der Waals surface area contributed by atoms with E-state index in [1.54, 1.807) is 0 Å². The molecule has 4 nitrogen and oxygen atoms in total. The second-order valence-electron chi connectivity index (χ2n) is 3.72. The number of amides is 1. The molecule has 0 heterocycles. The van der Waals surface area contributed by atoms with Crippen LogP contribution in [-0.4, -0.2) is 28.8 Å². The largest absolute Gasteiger partial charge is 0.382 e. The van der Waals surface area contributed by atoms with E-state index in [9.17, 15) is 9.18 Å². The number of carbonyl (C=O) groups excluding carboxylic acids is 1. The number of rotatable bonds is 4. The Bertz CT molecular complexity index is 212. The van der Waals surface area contributed by atoms with Crippen molar-refractivity contribution in [3.05, 3.63) is 0 Å². The van der Waals surface area contributed by atoms with Crippen molar-refractivity contribution in [3.63, 3.8) is 0 Å². The van der Waals surface area contributed by atoms with Crippen LogP contribution in [-0.2, 0) is 4.79 Å². The van der Waals surface area contributed by atoms with E-state index in [2.05, 4.69) is 0 Å². The van der Waals surface area contributed by atoms with Crippen LogP contribution in [0.2, 0.25) is 0 Å². The summed E-state index contributed by atoms with van der Waals surface area (Å²) in [5.74, 6) is -0.893. The first-order chi connectivity index (χ1) is 5.94. The first kappa shape index (κ1) is 13.6. The molecule has 0 radical (unpaired) electrons. The lowest BCUT2D eigenvalue weighted by atomic mass is 9.77. The Morgan fingerprint density at radius 3 is 2.36 bits per heavy atom. The zero-order valence-corrected chi connectivity index (χ0v) is 8.60. The van der Waals surface area contributed by atoms with Gasteiger partial charge in [-0.3, -0.25) is 4.79 Å². The van der Waals surface area contributed by atoms with Gasteiger partial charge in [0.2, 0.25) is 5.91 Å². The molecule has 14 heavy (non-hydrogen) atoms. The van der Waals surface area contributed by atoms with Crippen molar-refractivity contribution in [2.24, 2.45) is 11.5 Å². The molecular weight excluding hydrogens is 211 g/mol. The Hall–Kier alpha value is -0.390. The van der Waals surface area contributed by atoms with Crippen molar-refractivity contribution < 1.29 is 14.3 Å². The summed E-state index contributed by atoms with van der Waals surface area (Å²) >= 11 is 0. The summed E-state index contributed by atoms with van der Waals surface area (Å²) in [5.41, 5.74) is 8.96. The van der Waals surface area contributed by atoms with Crippen molar-refractivity contribution in [3.8, 4) is 0 Å². The highest BCUT2D eigenvalue weighted by atomic mass is 35.5. The third-order valence-corrected chi connectivity index (χ3v) is 2.55. The van der Waals surface area contributed by atoms with Crippen molar-refractivity contribution >= 4 is 18.3 Å². The predicted octanol–water partition coefficient (Wildman–Crippen LogP) is -0.136. The number of halogens is 2.